The first-order valence-electron chi connectivity index (χ1n) is 5.64. The van der Waals surface area contributed by atoms with Crippen molar-refractivity contribution in [1.29, 1.82) is 0 Å². The number of amides is 2. The van der Waals surface area contributed by atoms with Crippen molar-refractivity contribution in [3.05, 3.63) is 34.6 Å². The van der Waals surface area contributed by atoms with Gasteiger partial charge >= 0.3 is 0 Å². The van der Waals surface area contributed by atoms with Gasteiger partial charge in [-0.25, -0.2) is 4.39 Å². The molecular formula is C12H12ClFN2O2. The van der Waals surface area contributed by atoms with Gasteiger partial charge in [0.15, 0.2) is 0 Å². The van der Waals surface area contributed by atoms with Gasteiger partial charge in [0.2, 0.25) is 5.91 Å². The molecule has 0 saturated carbocycles. The summed E-state index contributed by atoms with van der Waals surface area (Å²) in [4.78, 5) is 23.3. The summed E-state index contributed by atoms with van der Waals surface area (Å²) in [5.41, 5.74) is 2.23. The fourth-order valence-corrected chi connectivity index (χ4v) is 1.95. The first-order chi connectivity index (χ1) is 8.58. The van der Waals surface area contributed by atoms with Crippen molar-refractivity contribution >= 4 is 23.4 Å². The van der Waals surface area contributed by atoms with E-state index in [2.05, 4.69) is 5.43 Å². The van der Waals surface area contributed by atoms with Crippen LogP contribution in [0.1, 0.15) is 29.6 Å². The van der Waals surface area contributed by atoms with Crippen LogP contribution in [-0.2, 0) is 4.79 Å². The zero-order valence-electron chi connectivity index (χ0n) is 9.58. The highest BCUT2D eigenvalue weighted by atomic mass is 35.5. The van der Waals surface area contributed by atoms with Crippen LogP contribution in [0.4, 0.5) is 4.39 Å². The standard InChI is InChI=1S/C12H12ClFN2O2/c13-8-4-5-10(14)9(7-8)12(18)15-16-6-2-1-3-11(16)17/h4-5,7H,1-3,6H2,(H,15,18). The maximum Gasteiger partial charge on any atom is 0.272 e. The topological polar surface area (TPSA) is 49.4 Å². The van der Waals surface area contributed by atoms with E-state index in [1.54, 1.807) is 0 Å². The van der Waals surface area contributed by atoms with E-state index in [0.717, 1.165) is 18.9 Å². The number of hydrogen-bond donors (Lipinski definition) is 1. The van der Waals surface area contributed by atoms with Crippen LogP contribution in [0, 0.1) is 5.82 Å². The molecule has 2 rings (SSSR count). The molecule has 4 nitrogen and oxygen atoms in total. The van der Waals surface area contributed by atoms with Gasteiger partial charge in [0.25, 0.3) is 5.91 Å². The maximum absolute atomic E-state index is 13.4. The van der Waals surface area contributed by atoms with Crippen LogP contribution < -0.4 is 5.43 Å². The van der Waals surface area contributed by atoms with E-state index in [9.17, 15) is 14.0 Å². The van der Waals surface area contributed by atoms with Gasteiger partial charge in [0.05, 0.1) is 5.56 Å². The molecular weight excluding hydrogens is 259 g/mol. The highest BCUT2D eigenvalue weighted by molar-refractivity contribution is 6.31. The Balaban J connectivity index is 2.11. The molecule has 1 aromatic carbocycles. The Bertz CT molecular complexity index is 493. The van der Waals surface area contributed by atoms with E-state index in [-0.39, 0.29) is 16.5 Å². The van der Waals surface area contributed by atoms with Crippen LogP contribution in [0.2, 0.25) is 5.02 Å². The number of benzene rings is 1. The first-order valence-corrected chi connectivity index (χ1v) is 6.02. The van der Waals surface area contributed by atoms with Gasteiger partial charge in [-0.2, -0.15) is 0 Å². The zero-order valence-corrected chi connectivity index (χ0v) is 10.3. The molecule has 96 valence electrons. The Kier molecular flexibility index (Phi) is 3.81. The number of hydrazine groups is 1. The van der Waals surface area contributed by atoms with Crippen LogP contribution in [0.15, 0.2) is 18.2 Å². The molecule has 1 aromatic rings. The lowest BCUT2D eigenvalue weighted by molar-refractivity contribution is -0.135. The number of carbonyl (C=O) groups excluding carboxylic acids is 2. The molecule has 0 aliphatic carbocycles. The summed E-state index contributed by atoms with van der Waals surface area (Å²) >= 11 is 5.71. The average Bonchev–Trinajstić information content (AvgIpc) is 2.35. The first kappa shape index (κ1) is 12.8. The van der Waals surface area contributed by atoms with Crippen LogP contribution in [-0.4, -0.2) is 23.4 Å². The highest BCUT2D eigenvalue weighted by Crippen LogP contribution is 2.15. The Hall–Kier alpha value is -1.62. The van der Waals surface area contributed by atoms with E-state index < -0.39 is 11.7 Å². The number of piperidine rings is 1. The van der Waals surface area contributed by atoms with E-state index in [1.807, 2.05) is 0 Å². The van der Waals surface area contributed by atoms with Crippen LogP contribution in [0.5, 0.6) is 0 Å². The smallest absolute Gasteiger partial charge is 0.272 e. The van der Waals surface area contributed by atoms with Gasteiger partial charge in [0, 0.05) is 18.0 Å². The summed E-state index contributed by atoms with van der Waals surface area (Å²) < 4.78 is 13.4. The normalized spacial score (nSPS) is 15.7. The number of carbonyl (C=O) groups is 2. The molecule has 18 heavy (non-hydrogen) atoms. The second-order valence-electron chi connectivity index (χ2n) is 4.07. The van der Waals surface area contributed by atoms with Crippen molar-refractivity contribution in [3.8, 4) is 0 Å². The summed E-state index contributed by atoms with van der Waals surface area (Å²) in [6, 6.07) is 3.72. The molecule has 0 atom stereocenters. The van der Waals surface area contributed by atoms with Crippen molar-refractivity contribution in [1.82, 2.24) is 10.4 Å². The predicted molar refractivity (Wildman–Crippen MR) is 64.4 cm³/mol. The molecule has 2 amide bonds. The van der Waals surface area contributed by atoms with E-state index in [0.29, 0.717) is 13.0 Å². The summed E-state index contributed by atoms with van der Waals surface area (Å²) in [7, 11) is 0. The van der Waals surface area contributed by atoms with E-state index in [4.69, 9.17) is 11.6 Å². The third-order valence-electron chi connectivity index (χ3n) is 2.73. The van der Waals surface area contributed by atoms with Gasteiger partial charge < -0.3 is 0 Å². The van der Waals surface area contributed by atoms with Crippen LogP contribution in [0.3, 0.4) is 0 Å². The molecule has 1 N–H and O–H groups in total. The molecule has 1 aliphatic rings. The molecule has 0 unspecified atom stereocenters. The van der Waals surface area contributed by atoms with Gasteiger partial charge in [-0.05, 0) is 31.0 Å². The number of nitrogens with zero attached hydrogens (tertiary/aromatic N) is 1. The Morgan fingerprint density at radius 2 is 2.17 bits per heavy atom. The number of hydrogen-bond acceptors (Lipinski definition) is 2. The molecule has 1 heterocycles. The molecule has 0 spiro atoms. The fourth-order valence-electron chi connectivity index (χ4n) is 1.78. The zero-order chi connectivity index (χ0) is 13.1. The van der Waals surface area contributed by atoms with Crippen molar-refractivity contribution in [2.24, 2.45) is 0 Å². The lowest BCUT2D eigenvalue weighted by Crippen LogP contribution is -2.48. The Morgan fingerprint density at radius 1 is 1.39 bits per heavy atom. The lowest BCUT2D eigenvalue weighted by atomic mass is 10.1. The summed E-state index contributed by atoms with van der Waals surface area (Å²) in [6.07, 6.45) is 2.04. The Morgan fingerprint density at radius 3 is 2.89 bits per heavy atom. The SMILES string of the molecule is O=C(NN1CCCCC1=O)c1cc(Cl)ccc1F. The molecule has 1 saturated heterocycles. The number of nitrogens with one attached hydrogen (secondary N) is 1. The van der Waals surface area contributed by atoms with Gasteiger partial charge in [-0.3, -0.25) is 20.0 Å². The van der Waals surface area contributed by atoms with E-state index >= 15 is 0 Å². The predicted octanol–water partition coefficient (Wildman–Crippen LogP) is 2.14. The monoisotopic (exact) mass is 270 g/mol. The molecule has 0 aromatic heterocycles. The quantitative estimate of drug-likeness (QED) is 0.895. The molecule has 1 fully saturated rings. The summed E-state index contributed by atoms with van der Waals surface area (Å²) in [5.74, 6) is -1.48. The minimum absolute atomic E-state index is 0.156. The molecule has 1 aliphatic heterocycles. The lowest BCUT2D eigenvalue weighted by Gasteiger charge is -2.26. The maximum atomic E-state index is 13.4. The van der Waals surface area contributed by atoms with E-state index in [1.165, 1.54) is 17.1 Å². The number of halogens is 2. The number of rotatable bonds is 2. The molecule has 0 radical (unpaired) electrons. The molecule has 0 bridgehead atoms. The minimum Gasteiger partial charge on any atom is -0.273 e. The van der Waals surface area contributed by atoms with Crippen molar-refractivity contribution in [3.63, 3.8) is 0 Å². The Labute approximate surface area is 109 Å². The highest BCUT2D eigenvalue weighted by Gasteiger charge is 2.21. The average molecular weight is 271 g/mol. The van der Waals surface area contributed by atoms with Crippen LogP contribution in [0.25, 0.3) is 0 Å². The fraction of sp³-hybridized carbons (Fsp3) is 0.333. The van der Waals surface area contributed by atoms with Gasteiger partial charge in [0.1, 0.15) is 5.82 Å². The summed E-state index contributed by atoms with van der Waals surface area (Å²) in [6.45, 7) is 0.451. The van der Waals surface area contributed by atoms with Crippen molar-refractivity contribution in [2.75, 3.05) is 6.54 Å². The van der Waals surface area contributed by atoms with Crippen LogP contribution >= 0.6 is 11.6 Å². The largest absolute Gasteiger partial charge is 0.273 e. The van der Waals surface area contributed by atoms with Crippen molar-refractivity contribution in [2.45, 2.75) is 19.3 Å². The van der Waals surface area contributed by atoms with Crippen molar-refractivity contribution < 1.29 is 14.0 Å². The second kappa shape index (κ2) is 5.35. The van der Waals surface area contributed by atoms with Gasteiger partial charge in [-0.15, -0.1) is 0 Å². The molecule has 6 heteroatoms. The summed E-state index contributed by atoms with van der Waals surface area (Å²) in [5, 5.41) is 1.50. The van der Waals surface area contributed by atoms with Gasteiger partial charge in [-0.1, -0.05) is 11.6 Å². The second-order valence-corrected chi connectivity index (χ2v) is 4.50. The third-order valence-corrected chi connectivity index (χ3v) is 2.97. The minimum atomic E-state index is -0.665. The third kappa shape index (κ3) is 2.79.